The highest BCUT2D eigenvalue weighted by Crippen LogP contribution is 2.43. The monoisotopic (exact) mass is 290 g/mol. The molecule has 0 spiro atoms. The molecular formula is C15H15ClN2O2. The SMILES string of the molecule is Cc1c(N2C(=O)C[C@@H]3[C@@H](O)CC[C@@H]32)ccc(C#N)c1Cl. The molecule has 1 heterocycles. The van der Waals surface area contributed by atoms with Crippen LogP contribution in [-0.2, 0) is 4.79 Å². The molecule has 1 aromatic rings. The second-order valence-electron chi connectivity index (χ2n) is 5.53. The molecule has 1 saturated heterocycles. The van der Waals surface area contributed by atoms with Gasteiger partial charge in [0.15, 0.2) is 0 Å². The third-order valence-electron chi connectivity index (χ3n) is 4.50. The fraction of sp³-hybridized carbons (Fsp3) is 0.467. The normalized spacial score (nSPS) is 28.6. The zero-order valence-corrected chi connectivity index (χ0v) is 11.9. The van der Waals surface area contributed by atoms with Crippen LogP contribution in [-0.4, -0.2) is 23.2 Å². The van der Waals surface area contributed by atoms with Crippen LogP contribution in [0.4, 0.5) is 5.69 Å². The zero-order valence-electron chi connectivity index (χ0n) is 11.1. The first kappa shape index (κ1) is 13.4. The minimum Gasteiger partial charge on any atom is -0.393 e. The van der Waals surface area contributed by atoms with Gasteiger partial charge in [0.2, 0.25) is 5.91 Å². The van der Waals surface area contributed by atoms with Crippen molar-refractivity contribution >= 4 is 23.2 Å². The number of hydrogen-bond acceptors (Lipinski definition) is 3. The van der Waals surface area contributed by atoms with Crippen molar-refractivity contribution in [2.45, 2.75) is 38.3 Å². The van der Waals surface area contributed by atoms with Crippen molar-refractivity contribution in [3.63, 3.8) is 0 Å². The van der Waals surface area contributed by atoms with E-state index in [1.165, 1.54) is 0 Å². The first-order valence-electron chi connectivity index (χ1n) is 6.74. The molecule has 0 radical (unpaired) electrons. The summed E-state index contributed by atoms with van der Waals surface area (Å²) in [4.78, 5) is 14.0. The number of nitriles is 1. The minimum atomic E-state index is -0.386. The summed E-state index contributed by atoms with van der Waals surface area (Å²) in [5.74, 6) is 0.0546. The number of anilines is 1. The third-order valence-corrected chi connectivity index (χ3v) is 4.98. The van der Waals surface area contributed by atoms with Crippen molar-refractivity contribution < 1.29 is 9.90 Å². The number of aliphatic hydroxyl groups excluding tert-OH is 1. The van der Waals surface area contributed by atoms with E-state index in [1.807, 2.05) is 13.0 Å². The summed E-state index contributed by atoms with van der Waals surface area (Å²) in [6.45, 7) is 1.82. The first-order valence-corrected chi connectivity index (χ1v) is 7.11. The number of halogens is 1. The molecule has 1 amide bonds. The van der Waals surface area contributed by atoms with Crippen LogP contribution in [0, 0.1) is 24.2 Å². The highest BCUT2D eigenvalue weighted by atomic mass is 35.5. The van der Waals surface area contributed by atoms with E-state index in [4.69, 9.17) is 16.9 Å². The van der Waals surface area contributed by atoms with Crippen LogP contribution < -0.4 is 4.90 Å². The predicted octanol–water partition coefficient (Wildman–Crippen LogP) is 2.40. The molecule has 1 aromatic carbocycles. The molecule has 104 valence electrons. The van der Waals surface area contributed by atoms with Gasteiger partial charge in [0, 0.05) is 24.1 Å². The molecule has 1 aliphatic heterocycles. The van der Waals surface area contributed by atoms with E-state index in [1.54, 1.807) is 17.0 Å². The average Bonchev–Trinajstić information content (AvgIpc) is 2.93. The molecule has 3 atom stereocenters. The summed E-state index contributed by atoms with van der Waals surface area (Å²) >= 11 is 6.19. The van der Waals surface area contributed by atoms with Gasteiger partial charge in [-0.05, 0) is 37.5 Å². The van der Waals surface area contributed by atoms with Gasteiger partial charge in [-0.25, -0.2) is 0 Å². The standard InChI is InChI=1S/C15H15ClN2O2/c1-8-11(3-2-9(7-17)15(8)16)18-12-4-5-13(19)10(12)6-14(18)20/h2-3,10,12-13,19H,4-6H2,1H3/t10-,12-,13-/m0/s1. The maximum atomic E-state index is 12.3. The molecule has 1 aliphatic carbocycles. The summed E-state index contributed by atoms with van der Waals surface area (Å²) in [5.41, 5.74) is 1.93. The Hall–Kier alpha value is -1.57. The number of amides is 1. The Bertz CT molecular complexity index is 623. The van der Waals surface area contributed by atoms with E-state index in [0.717, 1.165) is 24.1 Å². The summed E-state index contributed by atoms with van der Waals surface area (Å²) in [6.07, 6.45) is 1.56. The zero-order chi connectivity index (χ0) is 14.4. The molecule has 2 fully saturated rings. The fourth-order valence-electron chi connectivity index (χ4n) is 3.44. The summed E-state index contributed by atoms with van der Waals surface area (Å²) in [5, 5.41) is 19.3. The van der Waals surface area contributed by atoms with Crippen LogP contribution in [0.5, 0.6) is 0 Å². The van der Waals surface area contributed by atoms with Crippen molar-refractivity contribution in [3.8, 4) is 6.07 Å². The van der Waals surface area contributed by atoms with Crippen molar-refractivity contribution in [1.29, 1.82) is 5.26 Å². The molecular weight excluding hydrogens is 276 g/mol. The molecule has 0 aromatic heterocycles. The van der Waals surface area contributed by atoms with Gasteiger partial charge in [0.05, 0.1) is 16.7 Å². The predicted molar refractivity (Wildman–Crippen MR) is 75.5 cm³/mol. The lowest BCUT2D eigenvalue weighted by atomic mass is 10.0. The van der Waals surface area contributed by atoms with E-state index < -0.39 is 0 Å². The molecule has 2 aliphatic rings. The van der Waals surface area contributed by atoms with Gasteiger partial charge in [-0.2, -0.15) is 5.26 Å². The summed E-state index contributed by atoms with van der Waals surface area (Å²) in [6, 6.07) is 5.53. The van der Waals surface area contributed by atoms with E-state index in [2.05, 4.69) is 0 Å². The van der Waals surface area contributed by atoms with Gasteiger partial charge in [0.1, 0.15) is 6.07 Å². The average molecular weight is 291 g/mol. The second-order valence-corrected chi connectivity index (χ2v) is 5.90. The Kier molecular flexibility index (Phi) is 3.19. The van der Waals surface area contributed by atoms with Gasteiger partial charge < -0.3 is 10.0 Å². The van der Waals surface area contributed by atoms with Gasteiger partial charge in [-0.3, -0.25) is 4.79 Å². The molecule has 0 unspecified atom stereocenters. The quantitative estimate of drug-likeness (QED) is 0.864. The maximum Gasteiger partial charge on any atom is 0.227 e. The van der Waals surface area contributed by atoms with E-state index in [0.29, 0.717) is 17.0 Å². The van der Waals surface area contributed by atoms with Gasteiger partial charge in [-0.1, -0.05) is 11.6 Å². The Morgan fingerprint density at radius 2 is 2.20 bits per heavy atom. The lowest BCUT2D eigenvalue weighted by Gasteiger charge is -2.26. The van der Waals surface area contributed by atoms with Crippen LogP contribution >= 0.6 is 11.6 Å². The van der Waals surface area contributed by atoms with Gasteiger partial charge in [-0.15, -0.1) is 0 Å². The van der Waals surface area contributed by atoms with Crippen molar-refractivity contribution in [3.05, 3.63) is 28.3 Å². The van der Waals surface area contributed by atoms with Gasteiger partial charge >= 0.3 is 0 Å². The number of nitrogens with zero attached hydrogens (tertiary/aromatic N) is 2. The lowest BCUT2D eigenvalue weighted by Crippen LogP contribution is -2.34. The Morgan fingerprint density at radius 1 is 1.45 bits per heavy atom. The van der Waals surface area contributed by atoms with E-state index in [-0.39, 0.29) is 24.0 Å². The lowest BCUT2D eigenvalue weighted by molar-refractivity contribution is -0.117. The topological polar surface area (TPSA) is 64.3 Å². The Balaban J connectivity index is 2.04. The number of benzene rings is 1. The van der Waals surface area contributed by atoms with Crippen LogP contribution in [0.25, 0.3) is 0 Å². The van der Waals surface area contributed by atoms with Crippen LogP contribution in [0.3, 0.4) is 0 Å². The molecule has 4 nitrogen and oxygen atoms in total. The molecule has 20 heavy (non-hydrogen) atoms. The smallest absolute Gasteiger partial charge is 0.227 e. The van der Waals surface area contributed by atoms with E-state index in [9.17, 15) is 9.90 Å². The largest absolute Gasteiger partial charge is 0.393 e. The van der Waals surface area contributed by atoms with Crippen LogP contribution in [0.15, 0.2) is 12.1 Å². The molecule has 5 heteroatoms. The molecule has 3 rings (SSSR count). The molecule has 0 bridgehead atoms. The van der Waals surface area contributed by atoms with Crippen LogP contribution in [0.1, 0.15) is 30.4 Å². The number of aliphatic hydroxyl groups is 1. The second kappa shape index (κ2) is 4.76. The summed E-state index contributed by atoms with van der Waals surface area (Å²) in [7, 11) is 0. The number of carbonyl (C=O) groups excluding carboxylic acids is 1. The number of hydrogen-bond donors (Lipinski definition) is 1. The Labute approximate surface area is 122 Å². The van der Waals surface area contributed by atoms with Crippen molar-refractivity contribution in [1.82, 2.24) is 0 Å². The van der Waals surface area contributed by atoms with Crippen LogP contribution in [0.2, 0.25) is 5.02 Å². The maximum absolute atomic E-state index is 12.3. The fourth-order valence-corrected chi connectivity index (χ4v) is 3.64. The highest BCUT2D eigenvalue weighted by Gasteiger charge is 2.48. The van der Waals surface area contributed by atoms with Crippen molar-refractivity contribution in [2.75, 3.05) is 4.90 Å². The molecule has 1 saturated carbocycles. The molecule has 1 N–H and O–H groups in total. The minimum absolute atomic E-state index is 0.0244. The third kappa shape index (κ3) is 1.81. The number of rotatable bonds is 1. The first-order chi connectivity index (χ1) is 9.54. The highest BCUT2D eigenvalue weighted by molar-refractivity contribution is 6.33. The van der Waals surface area contributed by atoms with Crippen molar-refractivity contribution in [2.24, 2.45) is 5.92 Å². The van der Waals surface area contributed by atoms with Gasteiger partial charge in [0.25, 0.3) is 0 Å². The number of carbonyl (C=O) groups is 1. The summed E-state index contributed by atoms with van der Waals surface area (Å²) < 4.78 is 0. The Morgan fingerprint density at radius 3 is 2.90 bits per heavy atom. The van der Waals surface area contributed by atoms with E-state index >= 15 is 0 Å². The number of fused-ring (bicyclic) bond motifs is 1.